The first-order valence-corrected chi connectivity index (χ1v) is 14.4. The second-order valence-corrected chi connectivity index (χ2v) is 11.3. The summed E-state index contributed by atoms with van der Waals surface area (Å²) in [5, 5.41) is 17.3. The number of fused-ring (bicyclic) bond motifs is 1. The van der Waals surface area contributed by atoms with Crippen LogP contribution in [0, 0.1) is 11.8 Å². The molecule has 0 atom stereocenters. The standard InChI is InChI=1S/C29H37N7O3/c1-19-12-14-20(15-13-19)18-35-24-23(21-8-4-2-5-9-21)31-25(26-33-29(38)39-34-26)32-27(24)36(28(35)30-16-17-37)22-10-6-3-7-11-22/h3,6-7,10-11,19-21,37H,2,4-5,8-9,12-18H2,1H3,(H,33,34,38)/p+1. The van der Waals surface area contributed by atoms with Crippen molar-refractivity contribution in [3.05, 3.63) is 46.6 Å². The van der Waals surface area contributed by atoms with Crippen molar-refractivity contribution in [3.63, 3.8) is 0 Å². The Labute approximate surface area is 227 Å². The van der Waals surface area contributed by atoms with Crippen LogP contribution in [0.2, 0.25) is 0 Å². The van der Waals surface area contributed by atoms with Gasteiger partial charge in [0.25, 0.3) is 0 Å². The van der Waals surface area contributed by atoms with E-state index in [2.05, 4.69) is 43.6 Å². The van der Waals surface area contributed by atoms with Crippen molar-refractivity contribution < 1.29 is 14.2 Å². The predicted molar refractivity (Wildman–Crippen MR) is 148 cm³/mol. The Morgan fingerprint density at radius 2 is 1.85 bits per heavy atom. The number of rotatable bonds is 8. The first-order valence-electron chi connectivity index (χ1n) is 14.4. The van der Waals surface area contributed by atoms with Gasteiger partial charge in [0.15, 0.2) is 5.52 Å². The largest absolute Gasteiger partial charge is 0.439 e. The normalized spacial score (nSPS) is 20.5. The third-order valence-electron chi connectivity index (χ3n) is 8.47. The van der Waals surface area contributed by atoms with Gasteiger partial charge in [-0.25, -0.2) is 14.3 Å². The van der Waals surface area contributed by atoms with Crippen molar-refractivity contribution in [1.82, 2.24) is 24.7 Å². The molecule has 0 aliphatic heterocycles. The fourth-order valence-corrected chi connectivity index (χ4v) is 6.41. The Morgan fingerprint density at radius 1 is 1.08 bits per heavy atom. The third-order valence-corrected chi connectivity index (χ3v) is 8.47. The van der Waals surface area contributed by atoms with Gasteiger partial charge in [-0.3, -0.25) is 14.8 Å². The molecule has 2 saturated carbocycles. The number of hydrogen-bond acceptors (Lipinski definition) is 7. The minimum absolute atomic E-state index is 0.0177. The van der Waals surface area contributed by atoms with Crippen molar-refractivity contribution in [2.45, 2.75) is 77.2 Å². The molecule has 2 fully saturated rings. The Hall–Kier alpha value is -3.53. The smallest absolute Gasteiger partial charge is 0.393 e. The van der Waals surface area contributed by atoms with Crippen LogP contribution in [0.15, 0.2) is 39.6 Å². The molecule has 0 radical (unpaired) electrons. The molecule has 2 aliphatic rings. The highest BCUT2D eigenvalue weighted by Gasteiger charge is 2.35. The highest BCUT2D eigenvalue weighted by atomic mass is 16.5. The number of nitrogens with zero attached hydrogens (tertiary/aromatic N) is 5. The number of nitrogens with one attached hydrogen (secondary N) is 2. The summed E-state index contributed by atoms with van der Waals surface area (Å²) < 4.78 is 9.33. The molecule has 0 amide bonds. The number of para-hydroxylation sites is 1. The van der Waals surface area contributed by atoms with Gasteiger partial charge in [0.2, 0.25) is 17.3 Å². The lowest BCUT2D eigenvalue weighted by Gasteiger charge is -2.26. The van der Waals surface area contributed by atoms with Crippen molar-refractivity contribution in [2.24, 2.45) is 11.8 Å². The molecule has 1 aromatic carbocycles. The molecule has 2 aliphatic carbocycles. The Bertz CT molecular complexity index is 1460. The molecule has 0 saturated heterocycles. The lowest BCUT2D eigenvalue weighted by atomic mass is 9.83. The highest BCUT2D eigenvalue weighted by molar-refractivity contribution is 5.77. The van der Waals surface area contributed by atoms with Crippen LogP contribution in [0.25, 0.3) is 28.5 Å². The molecule has 6 rings (SSSR count). The fourth-order valence-electron chi connectivity index (χ4n) is 6.41. The van der Waals surface area contributed by atoms with Gasteiger partial charge >= 0.3 is 11.7 Å². The van der Waals surface area contributed by atoms with Gasteiger partial charge in [-0.15, -0.1) is 0 Å². The van der Waals surface area contributed by atoms with E-state index in [1.165, 1.54) is 44.9 Å². The Kier molecular flexibility index (Phi) is 7.45. The molecule has 39 heavy (non-hydrogen) atoms. The lowest BCUT2D eigenvalue weighted by Crippen LogP contribution is -2.42. The van der Waals surface area contributed by atoms with Gasteiger partial charge in [0.05, 0.1) is 25.4 Å². The van der Waals surface area contributed by atoms with Gasteiger partial charge in [-0.2, -0.15) is 9.55 Å². The lowest BCUT2D eigenvalue weighted by molar-refractivity contribution is -0.665. The van der Waals surface area contributed by atoms with Crippen LogP contribution in [-0.2, 0) is 6.54 Å². The van der Waals surface area contributed by atoms with Crippen molar-refractivity contribution >= 4 is 17.1 Å². The minimum Gasteiger partial charge on any atom is -0.393 e. The zero-order valence-electron chi connectivity index (χ0n) is 22.6. The van der Waals surface area contributed by atoms with Crippen LogP contribution in [0.1, 0.15) is 76.3 Å². The second-order valence-electron chi connectivity index (χ2n) is 11.3. The van der Waals surface area contributed by atoms with Crippen LogP contribution >= 0.6 is 0 Å². The quantitative estimate of drug-likeness (QED) is 0.288. The van der Waals surface area contributed by atoms with Crippen LogP contribution in [0.4, 0.5) is 5.95 Å². The summed E-state index contributed by atoms with van der Waals surface area (Å²) in [5.41, 5.74) is 3.76. The highest BCUT2D eigenvalue weighted by Crippen LogP contribution is 2.37. The summed E-state index contributed by atoms with van der Waals surface area (Å²) in [6, 6.07) is 10.2. The number of aliphatic hydroxyl groups excluding tert-OH is 1. The van der Waals surface area contributed by atoms with Gasteiger partial charge < -0.3 is 5.11 Å². The van der Waals surface area contributed by atoms with Gasteiger partial charge in [0.1, 0.15) is 5.69 Å². The number of aromatic amines is 1. The molecule has 3 aromatic heterocycles. The van der Waals surface area contributed by atoms with E-state index in [1.54, 1.807) is 0 Å². The topological polar surface area (TPSA) is 126 Å². The van der Waals surface area contributed by atoms with Gasteiger partial charge in [-0.1, -0.05) is 62.4 Å². The third kappa shape index (κ3) is 5.22. The number of benzene rings is 1. The van der Waals surface area contributed by atoms with E-state index in [0.29, 0.717) is 18.3 Å². The van der Waals surface area contributed by atoms with E-state index in [-0.39, 0.29) is 18.3 Å². The first-order chi connectivity index (χ1) is 19.1. The maximum absolute atomic E-state index is 11.8. The number of aromatic nitrogens is 6. The van der Waals surface area contributed by atoms with E-state index >= 15 is 0 Å². The molecule has 0 unspecified atom stereocenters. The van der Waals surface area contributed by atoms with E-state index in [4.69, 9.17) is 14.5 Å². The average Bonchev–Trinajstić information content (AvgIpc) is 3.54. The SMILES string of the molecule is CC1CCC(C[n+]2c(NCCO)n(-c3ccccc3)c3nc(-c4noc(=O)[nH]4)nc(C4CCCCC4)c32)CC1. The number of anilines is 1. The van der Waals surface area contributed by atoms with Crippen LogP contribution in [0.5, 0.6) is 0 Å². The number of aliphatic hydroxyl groups is 1. The molecule has 0 bridgehead atoms. The van der Waals surface area contributed by atoms with Crippen LogP contribution in [0.3, 0.4) is 0 Å². The van der Waals surface area contributed by atoms with E-state index in [9.17, 15) is 9.90 Å². The molecule has 0 spiro atoms. The zero-order valence-corrected chi connectivity index (χ0v) is 22.6. The van der Waals surface area contributed by atoms with Crippen LogP contribution in [-0.4, -0.2) is 42.9 Å². The van der Waals surface area contributed by atoms with Crippen LogP contribution < -0.4 is 15.6 Å². The maximum Gasteiger partial charge on any atom is 0.439 e. The Morgan fingerprint density at radius 3 is 2.54 bits per heavy atom. The molecular weight excluding hydrogens is 494 g/mol. The summed E-state index contributed by atoms with van der Waals surface area (Å²) in [6.07, 6.45) is 10.6. The summed E-state index contributed by atoms with van der Waals surface area (Å²) in [4.78, 5) is 24.6. The molecule has 3 N–H and O–H groups in total. The van der Waals surface area contributed by atoms with Crippen molar-refractivity contribution in [1.29, 1.82) is 0 Å². The predicted octanol–water partition coefficient (Wildman–Crippen LogP) is 4.33. The van der Waals surface area contributed by atoms with E-state index in [1.807, 2.05) is 18.2 Å². The minimum atomic E-state index is -0.627. The van der Waals surface area contributed by atoms with Crippen molar-refractivity contribution in [2.75, 3.05) is 18.5 Å². The number of imidazole rings is 1. The monoisotopic (exact) mass is 532 g/mol. The van der Waals surface area contributed by atoms with E-state index < -0.39 is 5.76 Å². The average molecular weight is 533 g/mol. The second kappa shape index (κ2) is 11.3. The summed E-state index contributed by atoms with van der Waals surface area (Å²) in [5.74, 6) is 2.47. The summed E-state index contributed by atoms with van der Waals surface area (Å²) in [7, 11) is 0. The Balaban J connectivity index is 1.63. The molecular formula is C29H38N7O3+. The number of H-pyrrole nitrogens is 1. The van der Waals surface area contributed by atoms with E-state index in [0.717, 1.165) is 53.8 Å². The van der Waals surface area contributed by atoms with Gasteiger partial charge in [-0.05, 0) is 49.7 Å². The molecule has 4 aromatic rings. The molecule has 3 heterocycles. The summed E-state index contributed by atoms with van der Waals surface area (Å²) in [6.45, 7) is 3.65. The molecule has 10 nitrogen and oxygen atoms in total. The molecule has 10 heteroatoms. The zero-order chi connectivity index (χ0) is 26.8. The fraction of sp³-hybridized carbons (Fsp3) is 0.552. The van der Waals surface area contributed by atoms with Gasteiger partial charge in [0, 0.05) is 5.92 Å². The maximum atomic E-state index is 11.8. The first kappa shape index (κ1) is 25.7. The van der Waals surface area contributed by atoms with Crippen molar-refractivity contribution in [3.8, 4) is 17.3 Å². The summed E-state index contributed by atoms with van der Waals surface area (Å²) >= 11 is 0. The molecule has 206 valence electrons. The number of hydrogen-bond donors (Lipinski definition) is 3.